The number of nitro benzene ring substituents is 1. The maximum absolute atomic E-state index is 13.9. The molecule has 1 fully saturated rings. The Bertz CT molecular complexity index is 1410. The van der Waals surface area contributed by atoms with Crippen LogP contribution in [0.15, 0.2) is 71.1 Å². The van der Waals surface area contributed by atoms with Crippen LogP contribution in [0, 0.1) is 15.9 Å². The van der Waals surface area contributed by atoms with Crippen molar-refractivity contribution in [2.45, 2.75) is 12.5 Å². The Balaban J connectivity index is 1.42. The zero-order valence-electron chi connectivity index (χ0n) is 21.6. The molecule has 2 aliphatic heterocycles. The lowest BCUT2D eigenvalue weighted by atomic mass is 10.0. The first kappa shape index (κ1) is 27.6. The molecule has 0 aliphatic carbocycles. The lowest BCUT2D eigenvalue weighted by Gasteiger charge is -2.31. The summed E-state index contributed by atoms with van der Waals surface area (Å²) >= 11 is 1.49. The fraction of sp³-hybridized carbons (Fsp3) is 0.321. The number of benzene rings is 2. The van der Waals surface area contributed by atoms with Crippen LogP contribution in [0.2, 0.25) is 0 Å². The van der Waals surface area contributed by atoms with E-state index < -0.39 is 28.6 Å². The summed E-state index contributed by atoms with van der Waals surface area (Å²) in [5, 5.41) is 19.3. The first-order valence-corrected chi connectivity index (χ1v) is 13.8. The van der Waals surface area contributed by atoms with E-state index in [4.69, 9.17) is 4.74 Å². The number of thiophene rings is 1. The number of non-ortho nitro benzene ring substituents is 1. The van der Waals surface area contributed by atoms with Gasteiger partial charge in [-0.2, -0.15) is 5.10 Å². The predicted molar refractivity (Wildman–Crippen MR) is 148 cm³/mol. The number of rotatable bonds is 9. The summed E-state index contributed by atoms with van der Waals surface area (Å²) in [6.07, 6.45) is 0.374. The fourth-order valence-electron chi connectivity index (χ4n) is 4.82. The van der Waals surface area contributed by atoms with E-state index in [0.29, 0.717) is 50.5 Å². The number of hydrogen-bond acceptors (Lipinski definition) is 8. The standard InChI is InChI=1S/C28H28FN5O5S/c29-22-6-1-5-21(16-22)28(36)32(10-9-31-11-13-39-14-12-31)19-27(35)33-25(18-24(30-33)26-8-3-15-40-26)20-4-2-7-23(17-20)34(37)38/h1-8,15-17,25H,9-14,18-19H2/t25-/m0/s1. The summed E-state index contributed by atoms with van der Waals surface area (Å²) in [7, 11) is 0. The van der Waals surface area contributed by atoms with E-state index >= 15 is 0 Å². The minimum absolute atomic E-state index is 0.0807. The van der Waals surface area contributed by atoms with E-state index in [0.717, 1.165) is 10.9 Å². The van der Waals surface area contributed by atoms with Gasteiger partial charge in [0, 0.05) is 50.3 Å². The van der Waals surface area contributed by atoms with Crippen LogP contribution < -0.4 is 0 Å². The van der Waals surface area contributed by atoms with Crippen molar-refractivity contribution in [3.8, 4) is 0 Å². The van der Waals surface area contributed by atoms with E-state index in [1.165, 1.54) is 51.6 Å². The Morgan fingerprint density at radius 3 is 2.65 bits per heavy atom. The van der Waals surface area contributed by atoms with Gasteiger partial charge in [-0.3, -0.25) is 24.6 Å². The summed E-state index contributed by atoms with van der Waals surface area (Å²) in [6.45, 7) is 3.10. The highest BCUT2D eigenvalue weighted by atomic mass is 32.1. The number of ether oxygens (including phenoxy) is 1. The molecule has 0 saturated carbocycles. The highest BCUT2D eigenvalue weighted by Gasteiger charge is 2.35. The summed E-state index contributed by atoms with van der Waals surface area (Å²) in [4.78, 5) is 42.7. The Hall–Kier alpha value is -4.00. The largest absolute Gasteiger partial charge is 0.379 e. The number of halogens is 1. The van der Waals surface area contributed by atoms with Crippen LogP contribution in [0.4, 0.5) is 10.1 Å². The third-order valence-electron chi connectivity index (χ3n) is 6.91. The molecule has 0 unspecified atom stereocenters. The van der Waals surface area contributed by atoms with E-state index in [1.807, 2.05) is 17.5 Å². The molecule has 208 valence electrons. The summed E-state index contributed by atoms with van der Waals surface area (Å²) in [5.74, 6) is -1.44. The molecule has 1 atom stereocenters. The van der Waals surface area contributed by atoms with Gasteiger partial charge in [-0.15, -0.1) is 11.3 Å². The summed E-state index contributed by atoms with van der Waals surface area (Å²) in [5.41, 5.74) is 1.34. The SMILES string of the molecule is O=C(c1cccc(F)c1)N(CCN1CCOCC1)CC(=O)N1N=C(c2cccs2)C[C@H]1c1cccc([N+](=O)[O-])c1. The molecule has 10 nitrogen and oxygen atoms in total. The van der Waals surface area contributed by atoms with E-state index in [9.17, 15) is 24.1 Å². The topological polar surface area (TPSA) is 109 Å². The Morgan fingerprint density at radius 1 is 1.12 bits per heavy atom. The number of carbonyl (C=O) groups is 2. The number of nitrogens with zero attached hydrogens (tertiary/aromatic N) is 5. The number of amides is 2. The average molecular weight is 566 g/mol. The highest BCUT2D eigenvalue weighted by Crippen LogP contribution is 2.35. The second-order valence-corrected chi connectivity index (χ2v) is 10.5. The van der Waals surface area contributed by atoms with E-state index in [-0.39, 0.29) is 24.3 Å². The Kier molecular flexibility index (Phi) is 8.58. The van der Waals surface area contributed by atoms with Crippen molar-refractivity contribution in [1.82, 2.24) is 14.8 Å². The van der Waals surface area contributed by atoms with Crippen molar-refractivity contribution in [3.63, 3.8) is 0 Å². The van der Waals surface area contributed by atoms with Crippen LogP contribution in [0.25, 0.3) is 0 Å². The number of morpholine rings is 1. The smallest absolute Gasteiger partial charge is 0.269 e. The van der Waals surface area contributed by atoms with Crippen LogP contribution in [-0.2, 0) is 9.53 Å². The molecule has 0 spiro atoms. The third kappa shape index (κ3) is 6.41. The van der Waals surface area contributed by atoms with Crippen molar-refractivity contribution in [1.29, 1.82) is 0 Å². The van der Waals surface area contributed by atoms with Crippen molar-refractivity contribution < 1.29 is 23.6 Å². The van der Waals surface area contributed by atoms with Gasteiger partial charge in [-0.1, -0.05) is 24.3 Å². The van der Waals surface area contributed by atoms with Gasteiger partial charge in [-0.25, -0.2) is 9.40 Å². The molecule has 0 radical (unpaired) electrons. The second-order valence-electron chi connectivity index (χ2n) is 9.53. The molecule has 0 bridgehead atoms. The molecule has 2 amide bonds. The minimum Gasteiger partial charge on any atom is -0.379 e. The van der Waals surface area contributed by atoms with Gasteiger partial charge in [0.2, 0.25) is 0 Å². The fourth-order valence-corrected chi connectivity index (χ4v) is 5.54. The van der Waals surface area contributed by atoms with E-state index in [2.05, 4.69) is 10.0 Å². The van der Waals surface area contributed by atoms with E-state index in [1.54, 1.807) is 12.1 Å². The molecular formula is C28H28FN5O5S. The van der Waals surface area contributed by atoms with Gasteiger partial charge in [0.1, 0.15) is 12.4 Å². The zero-order valence-corrected chi connectivity index (χ0v) is 22.5. The molecule has 3 aromatic rings. The number of hydrogen-bond donors (Lipinski definition) is 0. The maximum Gasteiger partial charge on any atom is 0.269 e. The maximum atomic E-state index is 13.9. The number of nitro groups is 1. The van der Waals surface area contributed by atoms with Crippen LogP contribution in [0.3, 0.4) is 0 Å². The molecule has 0 N–H and O–H groups in total. The highest BCUT2D eigenvalue weighted by molar-refractivity contribution is 7.12. The van der Waals surface area contributed by atoms with Crippen molar-refractivity contribution >= 4 is 34.6 Å². The lowest BCUT2D eigenvalue weighted by Crippen LogP contribution is -2.46. The van der Waals surface area contributed by atoms with Crippen molar-refractivity contribution in [2.75, 3.05) is 45.9 Å². The molecular weight excluding hydrogens is 537 g/mol. The molecule has 40 heavy (non-hydrogen) atoms. The van der Waals surface area contributed by atoms with Crippen LogP contribution >= 0.6 is 11.3 Å². The molecule has 5 rings (SSSR count). The van der Waals surface area contributed by atoms with Crippen molar-refractivity contribution in [2.24, 2.45) is 5.10 Å². The minimum atomic E-state index is -0.574. The molecule has 2 aliphatic rings. The van der Waals surface area contributed by atoms with Crippen molar-refractivity contribution in [3.05, 3.63) is 98.0 Å². The molecule has 1 saturated heterocycles. The van der Waals surface area contributed by atoms with Crippen LogP contribution in [0.5, 0.6) is 0 Å². The second kappa shape index (κ2) is 12.5. The molecule has 12 heteroatoms. The van der Waals surface area contributed by atoms with Gasteiger partial charge in [0.05, 0.1) is 34.8 Å². The predicted octanol–water partition coefficient (Wildman–Crippen LogP) is 3.95. The van der Waals surface area contributed by atoms with Crippen LogP contribution in [0.1, 0.15) is 33.3 Å². The van der Waals surface area contributed by atoms with Crippen LogP contribution in [-0.4, -0.2) is 83.2 Å². The number of hydrazone groups is 1. The normalized spacial score (nSPS) is 17.5. The van der Waals surface area contributed by atoms with Gasteiger partial charge < -0.3 is 9.64 Å². The first-order chi connectivity index (χ1) is 19.4. The molecule has 1 aromatic heterocycles. The third-order valence-corrected chi connectivity index (χ3v) is 7.83. The van der Waals surface area contributed by atoms with Gasteiger partial charge in [0.25, 0.3) is 17.5 Å². The summed E-state index contributed by atoms with van der Waals surface area (Å²) < 4.78 is 19.4. The summed E-state index contributed by atoms with van der Waals surface area (Å²) in [6, 6.07) is 14.8. The Labute approximate surface area is 234 Å². The average Bonchev–Trinajstić information content (AvgIpc) is 3.66. The Morgan fingerprint density at radius 2 is 1.93 bits per heavy atom. The molecule has 2 aromatic carbocycles. The quantitative estimate of drug-likeness (QED) is 0.287. The molecule has 3 heterocycles. The van der Waals surface area contributed by atoms with Gasteiger partial charge in [0.15, 0.2) is 0 Å². The number of carbonyl (C=O) groups excluding carboxylic acids is 2. The first-order valence-electron chi connectivity index (χ1n) is 12.9. The zero-order chi connectivity index (χ0) is 28.1. The monoisotopic (exact) mass is 565 g/mol. The van der Waals surface area contributed by atoms with Gasteiger partial charge in [-0.05, 0) is 35.2 Å². The van der Waals surface area contributed by atoms with Gasteiger partial charge >= 0.3 is 0 Å². The lowest BCUT2D eigenvalue weighted by molar-refractivity contribution is -0.385.